The zero-order valence-corrected chi connectivity index (χ0v) is 28.0. The molecule has 0 aliphatic heterocycles. The van der Waals surface area contributed by atoms with Crippen molar-refractivity contribution >= 4 is 23.6 Å². The number of benzene rings is 2. The average molecular weight is 639 g/mol. The molecule has 0 heterocycles. The summed E-state index contributed by atoms with van der Waals surface area (Å²) in [6.07, 6.45) is 11.3. The van der Waals surface area contributed by atoms with Gasteiger partial charge in [-0.3, -0.25) is 40.9 Å². The van der Waals surface area contributed by atoms with Crippen molar-refractivity contribution in [2.75, 3.05) is 0 Å². The Bertz CT molecular complexity index is 1280. The second kappa shape index (κ2) is 20.9. The molecule has 0 fully saturated rings. The molecule has 2 aromatic rings. The molecule has 10 nitrogen and oxygen atoms in total. The van der Waals surface area contributed by atoms with Gasteiger partial charge in [-0.2, -0.15) is 0 Å². The van der Waals surface area contributed by atoms with Crippen molar-refractivity contribution in [3.8, 4) is 11.5 Å². The quantitative estimate of drug-likeness (QED) is 0.0773. The van der Waals surface area contributed by atoms with Gasteiger partial charge in [-0.25, -0.2) is 0 Å². The molecule has 254 valence electrons. The molecule has 0 spiro atoms. The Morgan fingerprint density at radius 1 is 0.565 bits per heavy atom. The standard InChI is InChI=1S/C36H54N4O6/c1-5-9-12-15-25-18-20-31(41)29(22-25)35(45)39-37-33(43)27(14-8-4)24-28(17-11-7-3)34(44)38-40-36(46)30-23-26(16-13-10-6-2)19-21-32(30)42/h18-23,27-28,41-42H,5-17,24H2,1-4H3,(H,37,43)(H,38,44)(H,39,45)(H,40,46). The molecule has 0 aliphatic rings. The molecule has 2 atom stereocenters. The number of rotatable bonds is 19. The summed E-state index contributed by atoms with van der Waals surface area (Å²) in [6.45, 7) is 8.17. The fraction of sp³-hybridized carbons (Fsp3) is 0.556. The first-order chi connectivity index (χ1) is 22.1. The van der Waals surface area contributed by atoms with Gasteiger partial charge in [0.05, 0.1) is 11.1 Å². The lowest BCUT2D eigenvalue weighted by molar-refractivity contribution is -0.129. The van der Waals surface area contributed by atoms with Gasteiger partial charge >= 0.3 is 0 Å². The maximum atomic E-state index is 13.3. The van der Waals surface area contributed by atoms with Crippen molar-refractivity contribution in [2.24, 2.45) is 11.8 Å². The van der Waals surface area contributed by atoms with E-state index in [1.54, 1.807) is 24.3 Å². The van der Waals surface area contributed by atoms with E-state index >= 15 is 0 Å². The maximum Gasteiger partial charge on any atom is 0.273 e. The van der Waals surface area contributed by atoms with E-state index in [0.717, 1.165) is 75.3 Å². The summed E-state index contributed by atoms with van der Waals surface area (Å²) < 4.78 is 0. The van der Waals surface area contributed by atoms with Crippen LogP contribution in [0.5, 0.6) is 11.5 Å². The Morgan fingerprint density at radius 2 is 1.00 bits per heavy atom. The molecule has 2 aromatic carbocycles. The fourth-order valence-electron chi connectivity index (χ4n) is 5.43. The van der Waals surface area contributed by atoms with Crippen molar-refractivity contribution in [3.05, 3.63) is 58.7 Å². The van der Waals surface area contributed by atoms with E-state index in [4.69, 9.17) is 0 Å². The number of hydrogen-bond donors (Lipinski definition) is 6. The summed E-state index contributed by atoms with van der Waals surface area (Å²) in [7, 11) is 0. The molecule has 0 radical (unpaired) electrons. The lowest BCUT2D eigenvalue weighted by atomic mass is 9.87. The number of hydrogen-bond acceptors (Lipinski definition) is 6. The zero-order chi connectivity index (χ0) is 33.9. The number of carbonyl (C=O) groups is 4. The molecule has 0 bridgehead atoms. The van der Waals surface area contributed by atoms with E-state index in [0.29, 0.717) is 19.3 Å². The predicted molar refractivity (Wildman–Crippen MR) is 180 cm³/mol. The molecule has 10 heteroatoms. The Labute approximate surface area is 274 Å². The topological polar surface area (TPSA) is 157 Å². The van der Waals surface area contributed by atoms with Gasteiger partial charge in [-0.15, -0.1) is 0 Å². The van der Waals surface area contributed by atoms with E-state index in [-0.39, 0.29) is 29.0 Å². The minimum atomic E-state index is -0.626. The van der Waals surface area contributed by atoms with Gasteiger partial charge in [0.2, 0.25) is 11.8 Å². The van der Waals surface area contributed by atoms with Gasteiger partial charge in [0, 0.05) is 11.8 Å². The number of unbranched alkanes of at least 4 members (excludes halogenated alkanes) is 5. The van der Waals surface area contributed by atoms with Gasteiger partial charge < -0.3 is 10.2 Å². The number of aromatic hydroxyl groups is 2. The minimum Gasteiger partial charge on any atom is -0.507 e. The maximum absolute atomic E-state index is 13.3. The second-order valence-corrected chi connectivity index (χ2v) is 12.1. The minimum absolute atomic E-state index is 0.0785. The highest BCUT2D eigenvalue weighted by Gasteiger charge is 2.28. The molecule has 6 N–H and O–H groups in total. The number of aryl methyl sites for hydroxylation is 2. The largest absolute Gasteiger partial charge is 0.507 e. The monoisotopic (exact) mass is 638 g/mol. The molecule has 0 saturated heterocycles. The molecule has 0 saturated carbocycles. The molecule has 46 heavy (non-hydrogen) atoms. The number of hydrazine groups is 2. The Kier molecular flexibility index (Phi) is 17.3. The third-order valence-corrected chi connectivity index (χ3v) is 8.20. The van der Waals surface area contributed by atoms with E-state index in [1.165, 1.54) is 12.1 Å². The van der Waals surface area contributed by atoms with Crippen LogP contribution in [0.1, 0.15) is 137 Å². The second-order valence-electron chi connectivity index (χ2n) is 12.1. The van der Waals surface area contributed by atoms with Crippen molar-refractivity contribution in [1.82, 2.24) is 21.7 Å². The van der Waals surface area contributed by atoms with Gasteiger partial charge in [-0.1, -0.05) is 84.8 Å². The van der Waals surface area contributed by atoms with Gasteiger partial charge in [-0.05, 0) is 80.3 Å². The first-order valence-corrected chi connectivity index (χ1v) is 17.0. The summed E-state index contributed by atoms with van der Waals surface area (Å²) >= 11 is 0. The number of amides is 4. The highest BCUT2D eigenvalue weighted by Crippen LogP contribution is 2.24. The molecular formula is C36H54N4O6. The van der Waals surface area contributed by atoms with E-state index in [2.05, 4.69) is 35.6 Å². The highest BCUT2D eigenvalue weighted by atomic mass is 16.3. The molecule has 2 unspecified atom stereocenters. The lowest BCUT2D eigenvalue weighted by Crippen LogP contribution is -2.47. The smallest absolute Gasteiger partial charge is 0.273 e. The highest BCUT2D eigenvalue weighted by molar-refractivity contribution is 5.99. The SMILES string of the molecule is CCCCCc1ccc(O)c(C(=O)NNC(=O)C(CCC)CC(CCCC)C(=O)NNC(=O)c2cc(CCCCC)ccc2O)c1. The van der Waals surface area contributed by atoms with Crippen LogP contribution in [-0.2, 0) is 22.4 Å². The predicted octanol–water partition coefficient (Wildman–Crippen LogP) is 6.40. The van der Waals surface area contributed by atoms with Crippen LogP contribution in [0.25, 0.3) is 0 Å². The first-order valence-electron chi connectivity index (χ1n) is 17.0. The van der Waals surface area contributed by atoms with Crippen molar-refractivity contribution in [3.63, 3.8) is 0 Å². The molecule has 0 aliphatic carbocycles. The fourth-order valence-corrected chi connectivity index (χ4v) is 5.43. The summed E-state index contributed by atoms with van der Waals surface area (Å²) in [5.41, 5.74) is 11.9. The van der Waals surface area contributed by atoms with Crippen LogP contribution < -0.4 is 21.7 Å². The first kappa shape index (κ1) is 38.1. The molecule has 4 amide bonds. The summed E-state index contributed by atoms with van der Waals surface area (Å²) in [5.74, 6) is -3.61. The summed E-state index contributed by atoms with van der Waals surface area (Å²) in [4.78, 5) is 52.3. The van der Waals surface area contributed by atoms with E-state index in [9.17, 15) is 29.4 Å². The average Bonchev–Trinajstić information content (AvgIpc) is 3.05. The van der Waals surface area contributed by atoms with E-state index < -0.39 is 35.5 Å². The number of carbonyl (C=O) groups excluding carboxylic acids is 4. The third kappa shape index (κ3) is 12.7. The van der Waals surface area contributed by atoms with E-state index in [1.807, 2.05) is 13.8 Å². The van der Waals surface area contributed by atoms with Crippen molar-refractivity contribution in [2.45, 2.75) is 118 Å². The van der Waals surface area contributed by atoms with Crippen molar-refractivity contribution < 1.29 is 29.4 Å². The van der Waals surface area contributed by atoms with Crippen LogP contribution >= 0.6 is 0 Å². The normalized spacial score (nSPS) is 12.2. The third-order valence-electron chi connectivity index (χ3n) is 8.20. The van der Waals surface area contributed by atoms with Crippen LogP contribution in [-0.4, -0.2) is 33.8 Å². The molecule has 0 aromatic heterocycles. The van der Waals surface area contributed by atoms with Gasteiger partial charge in [0.25, 0.3) is 11.8 Å². The van der Waals surface area contributed by atoms with Crippen molar-refractivity contribution in [1.29, 1.82) is 0 Å². The number of phenolic OH excluding ortho intramolecular Hbond substituents is 2. The van der Waals surface area contributed by atoms with Crippen LogP contribution in [0.3, 0.4) is 0 Å². The molecule has 2 rings (SSSR count). The summed E-state index contributed by atoms with van der Waals surface area (Å²) in [5, 5.41) is 20.6. The number of nitrogens with one attached hydrogen (secondary N) is 4. The van der Waals surface area contributed by atoms with Crippen LogP contribution in [0.15, 0.2) is 36.4 Å². The van der Waals surface area contributed by atoms with Crippen LogP contribution in [0, 0.1) is 11.8 Å². The van der Waals surface area contributed by atoms with Crippen LogP contribution in [0.2, 0.25) is 0 Å². The number of phenols is 2. The Morgan fingerprint density at radius 3 is 1.41 bits per heavy atom. The molecular weight excluding hydrogens is 584 g/mol. The Hall–Kier alpha value is -4.08. The Balaban J connectivity index is 2.04. The van der Waals surface area contributed by atoms with Gasteiger partial charge in [0.15, 0.2) is 0 Å². The summed E-state index contributed by atoms with van der Waals surface area (Å²) in [6, 6.07) is 9.82. The van der Waals surface area contributed by atoms with Crippen LogP contribution in [0.4, 0.5) is 0 Å². The van der Waals surface area contributed by atoms with Gasteiger partial charge in [0.1, 0.15) is 11.5 Å². The lowest BCUT2D eigenvalue weighted by Gasteiger charge is -2.23. The zero-order valence-electron chi connectivity index (χ0n) is 28.0.